The number of carbonyl (C=O) groups is 1. The van der Waals surface area contributed by atoms with Crippen molar-refractivity contribution in [1.82, 2.24) is 4.98 Å². The van der Waals surface area contributed by atoms with E-state index in [0.29, 0.717) is 10.6 Å². The molecule has 0 fully saturated rings. The molecule has 0 amide bonds. The predicted octanol–water partition coefficient (Wildman–Crippen LogP) is 4.39. The highest BCUT2D eigenvalue weighted by atomic mass is 35.5. The monoisotopic (exact) mass is 369 g/mol. The lowest BCUT2D eigenvalue weighted by Gasteiger charge is -2.10. The molecule has 0 aliphatic rings. The first-order valence-electron chi connectivity index (χ1n) is 8.15. The van der Waals surface area contributed by atoms with E-state index in [1.165, 1.54) is 18.2 Å². The van der Waals surface area contributed by atoms with Crippen molar-refractivity contribution in [3.8, 4) is 11.1 Å². The van der Waals surface area contributed by atoms with Crippen LogP contribution in [0.25, 0.3) is 11.1 Å². The van der Waals surface area contributed by atoms with Gasteiger partial charge in [0.15, 0.2) is 0 Å². The number of nitrogens with zero attached hydrogens (tertiary/aromatic N) is 1. The SMILES string of the molecule is O=C(Cc1ccc(-c2ccncc2)c(CO)c1)Cc1cc(F)ccc1Cl. The molecule has 0 saturated heterocycles. The topological polar surface area (TPSA) is 50.2 Å². The molecule has 3 nitrogen and oxygen atoms in total. The maximum Gasteiger partial charge on any atom is 0.141 e. The summed E-state index contributed by atoms with van der Waals surface area (Å²) in [6.45, 7) is -0.130. The molecule has 0 aliphatic heterocycles. The number of halogens is 2. The maximum atomic E-state index is 13.3. The number of aromatic nitrogens is 1. The molecular weight excluding hydrogens is 353 g/mol. The average Bonchev–Trinajstić information content (AvgIpc) is 2.65. The van der Waals surface area contributed by atoms with E-state index in [4.69, 9.17) is 11.6 Å². The van der Waals surface area contributed by atoms with Crippen LogP contribution in [-0.2, 0) is 24.2 Å². The number of benzene rings is 2. The largest absolute Gasteiger partial charge is 0.392 e. The van der Waals surface area contributed by atoms with Crippen molar-refractivity contribution in [1.29, 1.82) is 0 Å². The van der Waals surface area contributed by atoms with Gasteiger partial charge >= 0.3 is 0 Å². The van der Waals surface area contributed by atoms with Crippen LogP contribution in [0, 0.1) is 5.82 Å². The van der Waals surface area contributed by atoms with Crippen LogP contribution in [0.2, 0.25) is 5.02 Å². The quantitative estimate of drug-likeness (QED) is 0.701. The Morgan fingerprint density at radius 3 is 2.50 bits per heavy atom. The molecule has 0 bridgehead atoms. The van der Waals surface area contributed by atoms with Gasteiger partial charge in [-0.05, 0) is 58.1 Å². The smallest absolute Gasteiger partial charge is 0.141 e. The van der Waals surface area contributed by atoms with E-state index < -0.39 is 5.82 Å². The van der Waals surface area contributed by atoms with Gasteiger partial charge in [0, 0.05) is 30.3 Å². The minimum absolute atomic E-state index is 0.0666. The van der Waals surface area contributed by atoms with Gasteiger partial charge in [-0.3, -0.25) is 9.78 Å². The van der Waals surface area contributed by atoms with Crippen LogP contribution >= 0.6 is 11.6 Å². The van der Waals surface area contributed by atoms with Crippen LogP contribution in [0.1, 0.15) is 16.7 Å². The van der Waals surface area contributed by atoms with Crippen molar-refractivity contribution >= 4 is 17.4 Å². The maximum absolute atomic E-state index is 13.3. The van der Waals surface area contributed by atoms with Crippen LogP contribution in [0.4, 0.5) is 4.39 Å². The van der Waals surface area contributed by atoms with Gasteiger partial charge in [0.2, 0.25) is 0 Å². The fourth-order valence-corrected chi connectivity index (χ4v) is 3.07. The van der Waals surface area contributed by atoms with Crippen molar-refractivity contribution in [3.05, 3.63) is 88.5 Å². The number of rotatable bonds is 6. The lowest BCUT2D eigenvalue weighted by atomic mass is 9.95. The Hall–Kier alpha value is -2.56. The first-order chi connectivity index (χ1) is 12.6. The first-order valence-corrected chi connectivity index (χ1v) is 8.53. The Balaban J connectivity index is 1.77. The Labute approximate surface area is 156 Å². The van der Waals surface area contributed by atoms with Gasteiger partial charge in [-0.1, -0.05) is 29.8 Å². The van der Waals surface area contributed by atoms with Crippen molar-refractivity contribution in [3.63, 3.8) is 0 Å². The summed E-state index contributed by atoms with van der Waals surface area (Å²) in [6.07, 6.45) is 3.64. The molecule has 1 heterocycles. The highest BCUT2D eigenvalue weighted by molar-refractivity contribution is 6.31. The normalized spacial score (nSPS) is 10.7. The van der Waals surface area contributed by atoms with Crippen molar-refractivity contribution in [2.24, 2.45) is 0 Å². The summed E-state index contributed by atoms with van der Waals surface area (Å²) in [7, 11) is 0. The van der Waals surface area contributed by atoms with Crippen LogP contribution in [-0.4, -0.2) is 15.9 Å². The molecule has 2 aromatic carbocycles. The number of aliphatic hydroxyl groups excluding tert-OH is 1. The molecule has 1 aromatic heterocycles. The zero-order valence-corrected chi connectivity index (χ0v) is 14.7. The number of hydrogen-bond donors (Lipinski definition) is 1. The van der Waals surface area contributed by atoms with E-state index in [1.54, 1.807) is 12.4 Å². The zero-order chi connectivity index (χ0) is 18.5. The van der Waals surface area contributed by atoms with Crippen molar-refractivity contribution in [2.75, 3.05) is 0 Å². The summed E-state index contributed by atoms with van der Waals surface area (Å²) in [5.41, 5.74) is 3.87. The molecule has 3 aromatic rings. The average molecular weight is 370 g/mol. The first kappa shape index (κ1) is 18.2. The molecule has 0 radical (unpaired) electrons. The Bertz CT molecular complexity index is 929. The Kier molecular flexibility index (Phi) is 5.76. The van der Waals surface area contributed by atoms with Crippen LogP contribution < -0.4 is 0 Å². The van der Waals surface area contributed by atoms with Gasteiger partial charge < -0.3 is 5.11 Å². The van der Waals surface area contributed by atoms with Gasteiger partial charge in [-0.25, -0.2) is 4.39 Å². The standard InChI is InChI=1S/C21H17ClFNO2/c22-21-4-2-18(23)11-16(21)12-19(26)10-14-1-3-20(17(9-14)13-25)15-5-7-24-8-6-15/h1-9,11,25H,10,12-13H2. The second-order valence-corrected chi connectivity index (χ2v) is 6.42. The lowest BCUT2D eigenvalue weighted by Crippen LogP contribution is -2.08. The summed E-state index contributed by atoms with van der Waals surface area (Å²) in [6, 6.07) is 13.3. The number of carbonyl (C=O) groups excluding carboxylic acids is 1. The molecule has 0 atom stereocenters. The molecule has 3 rings (SSSR count). The summed E-state index contributed by atoms with van der Waals surface area (Å²) in [4.78, 5) is 16.3. The number of ketones is 1. The molecule has 5 heteroatoms. The minimum atomic E-state index is -0.415. The fraction of sp³-hybridized carbons (Fsp3) is 0.143. The number of pyridine rings is 1. The molecule has 0 aliphatic carbocycles. The van der Waals surface area contributed by atoms with E-state index in [-0.39, 0.29) is 25.2 Å². The third-order valence-corrected chi connectivity index (χ3v) is 4.50. The number of hydrogen-bond acceptors (Lipinski definition) is 3. The van der Waals surface area contributed by atoms with E-state index in [9.17, 15) is 14.3 Å². The van der Waals surface area contributed by atoms with Crippen molar-refractivity contribution < 1.29 is 14.3 Å². The summed E-state index contributed by atoms with van der Waals surface area (Å²) in [5, 5.41) is 10.1. The van der Waals surface area contributed by atoms with Crippen LogP contribution in [0.15, 0.2) is 60.9 Å². The second kappa shape index (κ2) is 8.21. The second-order valence-electron chi connectivity index (χ2n) is 6.01. The van der Waals surface area contributed by atoms with Crippen molar-refractivity contribution in [2.45, 2.75) is 19.4 Å². The minimum Gasteiger partial charge on any atom is -0.392 e. The highest BCUT2D eigenvalue weighted by Gasteiger charge is 2.12. The zero-order valence-electron chi connectivity index (χ0n) is 14.0. The predicted molar refractivity (Wildman–Crippen MR) is 99.4 cm³/mol. The molecule has 1 N–H and O–H groups in total. The number of Topliss-reactive ketones (excluding diaryl/α,β-unsaturated/α-hetero) is 1. The van der Waals surface area contributed by atoms with E-state index in [0.717, 1.165) is 22.3 Å². The lowest BCUT2D eigenvalue weighted by molar-refractivity contribution is -0.117. The van der Waals surface area contributed by atoms with Gasteiger partial charge in [0.05, 0.1) is 6.61 Å². The molecule has 0 spiro atoms. The summed E-state index contributed by atoms with van der Waals surface area (Å²) in [5.74, 6) is -0.487. The van der Waals surface area contributed by atoms with Crippen LogP contribution in [0.3, 0.4) is 0 Å². The third-order valence-electron chi connectivity index (χ3n) is 4.13. The highest BCUT2D eigenvalue weighted by Crippen LogP contribution is 2.25. The van der Waals surface area contributed by atoms with E-state index in [2.05, 4.69) is 4.98 Å². The molecule has 0 unspecified atom stereocenters. The fourth-order valence-electron chi connectivity index (χ4n) is 2.88. The van der Waals surface area contributed by atoms with E-state index in [1.807, 2.05) is 30.3 Å². The summed E-state index contributed by atoms with van der Waals surface area (Å²) >= 11 is 6.02. The van der Waals surface area contributed by atoms with Gasteiger partial charge in [-0.2, -0.15) is 0 Å². The van der Waals surface area contributed by atoms with Gasteiger partial charge in [0.25, 0.3) is 0 Å². The summed E-state index contributed by atoms with van der Waals surface area (Å²) < 4.78 is 13.3. The Morgan fingerprint density at radius 2 is 1.77 bits per heavy atom. The molecule has 132 valence electrons. The molecule has 0 saturated carbocycles. The number of aliphatic hydroxyl groups is 1. The molecular formula is C21H17ClFNO2. The van der Waals surface area contributed by atoms with E-state index >= 15 is 0 Å². The third kappa shape index (κ3) is 4.34. The molecule has 26 heavy (non-hydrogen) atoms. The van der Waals surface area contributed by atoms with Crippen LogP contribution in [0.5, 0.6) is 0 Å². The Morgan fingerprint density at radius 1 is 1.00 bits per heavy atom. The van der Waals surface area contributed by atoms with Gasteiger partial charge in [-0.15, -0.1) is 0 Å². The van der Waals surface area contributed by atoms with Gasteiger partial charge in [0.1, 0.15) is 11.6 Å².